The van der Waals surface area contributed by atoms with E-state index in [2.05, 4.69) is 39.8 Å². The van der Waals surface area contributed by atoms with Gasteiger partial charge in [0.2, 0.25) is 6.79 Å². The number of nitrogens with zero attached hydrogens (tertiary/aromatic N) is 1. The summed E-state index contributed by atoms with van der Waals surface area (Å²) < 4.78 is 10.7. The van der Waals surface area contributed by atoms with E-state index in [9.17, 15) is 0 Å². The molecule has 1 aromatic carbocycles. The molecule has 0 unspecified atom stereocenters. The first kappa shape index (κ1) is 15.3. The number of ether oxygens (including phenoxy) is 2. The highest BCUT2D eigenvalue weighted by molar-refractivity contribution is 5.44. The Hall–Kier alpha value is -1.56. The minimum Gasteiger partial charge on any atom is -0.454 e. The molecule has 3 heterocycles. The molecule has 5 heteroatoms. The van der Waals surface area contributed by atoms with Gasteiger partial charge in [0.15, 0.2) is 11.5 Å². The molecule has 0 aliphatic carbocycles. The van der Waals surface area contributed by atoms with Crippen LogP contribution in [0.4, 0.5) is 0 Å². The smallest absolute Gasteiger partial charge is 0.231 e. The maximum atomic E-state index is 5.38. The van der Waals surface area contributed by atoms with Crippen molar-refractivity contribution in [3.63, 3.8) is 0 Å². The van der Waals surface area contributed by atoms with Crippen LogP contribution in [-0.2, 0) is 6.54 Å². The molecular weight excluding hydrogens is 278 g/mol. The Kier molecular flexibility index (Phi) is 5.70. The standard InChI is InChI=1S/C12H16N2O2.C5H9N/c1-2-11-12(16-9-15-11)7-10(1)8-14-5-3-13-4-6-14;1-2-4-6-5-3-1/h1-2,7,13H,3-6,8-9H2;1-2,6H,3-5H2. The highest BCUT2D eigenvalue weighted by atomic mass is 16.7. The topological polar surface area (TPSA) is 45.8 Å². The van der Waals surface area contributed by atoms with Crippen LogP contribution in [0.1, 0.15) is 12.0 Å². The van der Waals surface area contributed by atoms with Crippen molar-refractivity contribution in [3.05, 3.63) is 35.9 Å². The molecule has 0 radical (unpaired) electrons. The van der Waals surface area contributed by atoms with Gasteiger partial charge in [0.1, 0.15) is 0 Å². The molecule has 1 saturated heterocycles. The quantitative estimate of drug-likeness (QED) is 0.808. The van der Waals surface area contributed by atoms with Gasteiger partial charge in [-0.1, -0.05) is 18.2 Å². The number of benzene rings is 1. The van der Waals surface area contributed by atoms with E-state index in [-0.39, 0.29) is 0 Å². The number of fused-ring (bicyclic) bond motifs is 1. The SMILES string of the molecule is C1=CCNCC1.c1cc2c(cc1CN1CCNCC1)OCO2. The normalized spacial score (nSPS) is 20.4. The molecule has 1 fully saturated rings. The third-order valence-corrected chi connectivity index (χ3v) is 3.97. The fraction of sp³-hybridized carbons (Fsp3) is 0.529. The minimum atomic E-state index is 0.354. The van der Waals surface area contributed by atoms with E-state index in [0.717, 1.165) is 57.3 Å². The second-order valence-corrected chi connectivity index (χ2v) is 5.68. The number of hydrogen-bond donors (Lipinski definition) is 2. The second-order valence-electron chi connectivity index (χ2n) is 5.68. The lowest BCUT2D eigenvalue weighted by atomic mass is 10.2. The van der Waals surface area contributed by atoms with Crippen molar-refractivity contribution >= 4 is 0 Å². The van der Waals surface area contributed by atoms with Gasteiger partial charge in [0, 0.05) is 39.3 Å². The van der Waals surface area contributed by atoms with Crippen LogP contribution in [-0.4, -0.2) is 51.0 Å². The van der Waals surface area contributed by atoms with Crippen LogP contribution >= 0.6 is 0 Å². The van der Waals surface area contributed by atoms with E-state index in [0.29, 0.717) is 6.79 Å². The number of hydrogen-bond acceptors (Lipinski definition) is 5. The average molecular weight is 303 g/mol. The van der Waals surface area contributed by atoms with Crippen LogP contribution in [0.25, 0.3) is 0 Å². The van der Waals surface area contributed by atoms with Gasteiger partial charge in [-0.25, -0.2) is 0 Å². The molecule has 2 N–H and O–H groups in total. The molecule has 0 aromatic heterocycles. The number of rotatable bonds is 2. The number of nitrogens with one attached hydrogen (secondary N) is 2. The molecule has 0 atom stereocenters. The molecule has 3 aliphatic heterocycles. The maximum Gasteiger partial charge on any atom is 0.231 e. The first-order valence-electron chi connectivity index (χ1n) is 8.09. The van der Waals surface area contributed by atoms with Crippen molar-refractivity contribution in [2.75, 3.05) is 46.1 Å². The number of piperazine rings is 1. The van der Waals surface area contributed by atoms with Crippen LogP contribution in [0.5, 0.6) is 11.5 Å². The minimum absolute atomic E-state index is 0.354. The summed E-state index contributed by atoms with van der Waals surface area (Å²) in [6.07, 6.45) is 5.57. The summed E-state index contributed by atoms with van der Waals surface area (Å²) >= 11 is 0. The Morgan fingerprint density at radius 2 is 1.82 bits per heavy atom. The molecule has 0 bridgehead atoms. The zero-order valence-corrected chi connectivity index (χ0v) is 13.0. The predicted octanol–water partition coefficient (Wildman–Crippen LogP) is 1.36. The van der Waals surface area contributed by atoms with Crippen molar-refractivity contribution < 1.29 is 9.47 Å². The summed E-state index contributed by atoms with van der Waals surface area (Å²) in [6, 6.07) is 6.21. The third kappa shape index (κ3) is 4.47. The van der Waals surface area contributed by atoms with E-state index in [1.165, 1.54) is 12.0 Å². The third-order valence-electron chi connectivity index (χ3n) is 3.97. The van der Waals surface area contributed by atoms with Crippen molar-refractivity contribution in [3.8, 4) is 11.5 Å². The summed E-state index contributed by atoms with van der Waals surface area (Å²) in [4.78, 5) is 2.45. The fourth-order valence-corrected chi connectivity index (χ4v) is 2.74. The monoisotopic (exact) mass is 303 g/mol. The van der Waals surface area contributed by atoms with Crippen molar-refractivity contribution in [2.24, 2.45) is 0 Å². The van der Waals surface area contributed by atoms with E-state index >= 15 is 0 Å². The maximum absolute atomic E-state index is 5.38. The summed E-state index contributed by atoms with van der Waals surface area (Å²) in [6.45, 7) is 8.00. The Labute approximate surface area is 132 Å². The van der Waals surface area contributed by atoms with Gasteiger partial charge >= 0.3 is 0 Å². The molecule has 5 nitrogen and oxygen atoms in total. The van der Waals surface area contributed by atoms with Gasteiger partial charge < -0.3 is 20.1 Å². The van der Waals surface area contributed by atoms with E-state index in [1.54, 1.807) is 0 Å². The zero-order chi connectivity index (χ0) is 15.0. The Balaban J connectivity index is 0.000000202. The molecule has 1 aromatic rings. The van der Waals surface area contributed by atoms with Crippen molar-refractivity contribution in [1.29, 1.82) is 0 Å². The Bertz CT molecular complexity index is 491. The lowest BCUT2D eigenvalue weighted by molar-refractivity contribution is 0.174. The lowest BCUT2D eigenvalue weighted by Gasteiger charge is -2.27. The first-order chi connectivity index (χ1) is 10.9. The zero-order valence-electron chi connectivity index (χ0n) is 13.0. The van der Waals surface area contributed by atoms with Crippen LogP contribution in [0, 0.1) is 0 Å². The molecule has 0 spiro atoms. The highest BCUT2D eigenvalue weighted by Crippen LogP contribution is 2.32. The van der Waals surface area contributed by atoms with E-state index in [1.807, 2.05) is 6.07 Å². The van der Waals surface area contributed by atoms with Gasteiger partial charge in [0.25, 0.3) is 0 Å². The molecule has 0 amide bonds. The van der Waals surface area contributed by atoms with E-state index < -0.39 is 0 Å². The van der Waals surface area contributed by atoms with Crippen LogP contribution in [0.3, 0.4) is 0 Å². The summed E-state index contributed by atoms with van der Waals surface area (Å²) in [5.41, 5.74) is 1.30. The van der Waals surface area contributed by atoms with Crippen LogP contribution in [0.2, 0.25) is 0 Å². The summed E-state index contributed by atoms with van der Waals surface area (Å²) in [5, 5.41) is 6.55. The van der Waals surface area contributed by atoms with Crippen LogP contribution < -0.4 is 20.1 Å². The molecule has 22 heavy (non-hydrogen) atoms. The Morgan fingerprint density at radius 3 is 2.50 bits per heavy atom. The summed E-state index contributed by atoms with van der Waals surface area (Å²) in [7, 11) is 0. The van der Waals surface area contributed by atoms with Crippen molar-refractivity contribution in [1.82, 2.24) is 15.5 Å². The van der Waals surface area contributed by atoms with Gasteiger partial charge in [-0.05, 0) is 30.7 Å². The fourth-order valence-electron chi connectivity index (χ4n) is 2.74. The first-order valence-corrected chi connectivity index (χ1v) is 8.09. The van der Waals surface area contributed by atoms with Gasteiger partial charge in [-0.15, -0.1) is 0 Å². The molecule has 120 valence electrons. The van der Waals surface area contributed by atoms with Gasteiger partial charge in [-0.3, -0.25) is 4.90 Å². The van der Waals surface area contributed by atoms with Crippen molar-refractivity contribution in [2.45, 2.75) is 13.0 Å². The molecule has 0 saturated carbocycles. The lowest BCUT2D eigenvalue weighted by Crippen LogP contribution is -2.42. The molecule has 3 aliphatic rings. The second kappa shape index (κ2) is 8.17. The van der Waals surface area contributed by atoms with E-state index in [4.69, 9.17) is 9.47 Å². The van der Waals surface area contributed by atoms with Crippen LogP contribution in [0.15, 0.2) is 30.4 Å². The largest absolute Gasteiger partial charge is 0.454 e. The van der Waals surface area contributed by atoms with Gasteiger partial charge in [0.05, 0.1) is 0 Å². The molecule has 4 rings (SSSR count). The highest BCUT2D eigenvalue weighted by Gasteiger charge is 2.15. The average Bonchev–Trinajstić information content (AvgIpc) is 3.06. The molecular formula is C17H25N3O2. The predicted molar refractivity (Wildman–Crippen MR) is 87.3 cm³/mol. The summed E-state index contributed by atoms with van der Waals surface area (Å²) in [5.74, 6) is 1.75. The Morgan fingerprint density at radius 1 is 0.955 bits per heavy atom. The van der Waals surface area contributed by atoms with Gasteiger partial charge in [-0.2, -0.15) is 0 Å².